The predicted molar refractivity (Wildman–Crippen MR) is 115 cm³/mol. The highest BCUT2D eigenvalue weighted by Crippen LogP contribution is 2.34. The summed E-state index contributed by atoms with van der Waals surface area (Å²) in [6, 6.07) is 16.2. The number of nitro groups is 2. The zero-order valence-corrected chi connectivity index (χ0v) is 16.5. The Morgan fingerprint density at radius 3 is 2.40 bits per heavy atom. The van der Waals surface area contributed by atoms with Crippen LogP contribution in [-0.2, 0) is 6.54 Å². The molecule has 9 nitrogen and oxygen atoms in total. The van der Waals surface area contributed by atoms with Crippen molar-refractivity contribution < 1.29 is 9.85 Å². The molecule has 10 heteroatoms. The summed E-state index contributed by atoms with van der Waals surface area (Å²) in [6.07, 6.45) is 1.98. The summed E-state index contributed by atoms with van der Waals surface area (Å²) in [7, 11) is 0. The molecular weight excluding hydrogens is 406 g/mol. The number of rotatable bonds is 4. The minimum Gasteiger partial charge on any atom is -0.348 e. The molecule has 0 amide bonds. The van der Waals surface area contributed by atoms with Crippen molar-refractivity contribution in [2.45, 2.75) is 12.6 Å². The molecule has 2 heterocycles. The van der Waals surface area contributed by atoms with E-state index >= 15 is 0 Å². The van der Waals surface area contributed by atoms with Crippen molar-refractivity contribution in [3.05, 3.63) is 98.3 Å². The Labute approximate surface area is 176 Å². The minimum atomic E-state index is -0.459. The number of non-ortho nitro benzene ring substituents is 2. The van der Waals surface area contributed by atoms with Gasteiger partial charge in [0.05, 0.1) is 15.9 Å². The van der Waals surface area contributed by atoms with Gasteiger partial charge in [-0.2, -0.15) is 0 Å². The Balaban J connectivity index is 1.65. The Morgan fingerprint density at radius 2 is 1.70 bits per heavy atom. The monoisotopic (exact) mass is 423 g/mol. The number of anilines is 1. The van der Waals surface area contributed by atoms with Crippen molar-refractivity contribution in [3.63, 3.8) is 0 Å². The van der Waals surface area contributed by atoms with E-state index in [1.807, 2.05) is 29.3 Å². The second kappa shape index (κ2) is 7.91. The summed E-state index contributed by atoms with van der Waals surface area (Å²) in [5.74, 6) is 0. The summed E-state index contributed by atoms with van der Waals surface area (Å²) < 4.78 is 2.11. The van der Waals surface area contributed by atoms with Gasteiger partial charge in [0.15, 0.2) is 5.11 Å². The first kappa shape index (κ1) is 19.5. The molecule has 0 spiro atoms. The van der Waals surface area contributed by atoms with Crippen LogP contribution >= 0.6 is 12.2 Å². The summed E-state index contributed by atoms with van der Waals surface area (Å²) in [4.78, 5) is 23.2. The SMILES string of the molecule is O=[N+]([O-])c1ccc(NC(=S)N2CCn3cccc3C2c2cccc([N+](=O)[O-])c2)cc1. The summed E-state index contributed by atoms with van der Waals surface area (Å²) in [5, 5.41) is 25.7. The van der Waals surface area contributed by atoms with Crippen molar-refractivity contribution in [1.29, 1.82) is 0 Å². The normalized spacial score (nSPS) is 15.3. The largest absolute Gasteiger partial charge is 0.348 e. The van der Waals surface area contributed by atoms with Crippen LogP contribution in [0.2, 0.25) is 0 Å². The molecule has 0 bridgehead atoms. The fourth-order valence-corrected chi connectivity index (χ4v) is 3.94. The summed E-state index contributed by atoms with van der Waals surface area (Å²) in [5.41, 5.74) is 2.39. The highest BCUT2D eigenvalue weighted by molar-refractivity contribution is 7.80. The minimum absolute atomic E-state index is 0.00302. The van der Waals surface area contributed by atoms with Crippen LogP contribution in [0.15, 0.2) is 66.9 Å². The van der Waals surface area contributed by atoms with Gasteiger partial charge in [0, 0.05) is 54.9 Å². The Kier molecular flexibility index (Phi) is 5.15. The molecule has 0 aliphatic carbocycles. The van der Waals surface area contributed by atoms with Crippen molar-refractivity contribution >= 4 is 34.4 Å². The summed E-state index contributed by atoms with van der Waals surface area (Å²) >= 11 is 5.64. The van der Waals surface area contributed by atoms with Crippen LogP contribution in [-0.4, -0.2) is 31.0 Å². The lowest BCUT2D eigenvalue weighted by Gasteiger charge is -2.39. The van der Waals surface area contributed by atoms with Gasteiger partial charge in [-0.15, -0.1) is 0 Å². The van der Waals surface area contributed by atoms with Gasteiger partial charge < -0.3 is 14.8 Å². The van der Waals surface area contributed by atoms with E-state index in [4.69, 9.17) is 12.2 Å². The highest BCUT2D eigenvalue weighted by atomic mass is 32.1. The Morgan fingerprint density at radius 1 is 0.967 bits per heavy atom. The molecule has 3 aromatic rings. The molecule has 4 rings (SSSR count). The summed E-state index contributed by atoms with van der Waals surface area (Å²) in [6.45, 7) is 1.32. The zero-order valence-electron chi connectivity index (χ0n) is 15.7. The third-order valence-corrected chi connectivity index (χ3v) is 5.36. The first-order chi connectivity index (χ1) is 14.4. The number of fused-ring (bicyclic) bond motifs is 1. The van der Waals surface area contributed by atoms with Gasteiger partial charge in [0.2, 0.25) is 0 Å². The van der Waals surface area contributed by atoms with Crippen LogP contribution in [0.4, 0.5) is 17.1 Å². The van der Waals surface area contributed by atoms with Crippen LogP contribution in [0.1, 0.15) is 17.3 Å². The first-order valence-corrected chi connectivity index (χ1v) is 9.56. The highest BCUT2D eigenvalue weighted by Gasteiger charge is 2.31. The second-order valence-electron chi connectivity index (χ2n) is 6.81. The molecule has 1 N–H and O–H groups in total. The molecule has 2 aromatic carbocycles. The molecule has 0 saturated carbocycles. The van der Waals surface area contributed by atoms with Gasteiger partial charge in [-0.3, -0.25) is 20.2 Å². The number of nitro benzene ring substituents is 2. The van der Waals surface area contributed by atoms with Crippen LogP contribution in [0.25, 0.3) is 0 Å². The average Bonchev–Trinajstić information content (AvgIpc) is 3.22. The average molecular weight is 423 g/mol. The zero-order chi connectivity index (χ0) is 21.3. The first-order valence-electron chi connectivity index (χ1n) is 9.15. The number of nitrogens with one attached hydrogen (secondary N) is 1. The van der Waals surface area contributed by atoms with Gasteiger partial charge in [-0.1, -0.05) is 12.1 Å². The second-order valence-corrected chi connectivity index (χ2v) is 7.20. The van der Waals surface area contributed by atoms with Gasteiger partial charge in [-0.05, 0) is 42.0 Å². The van der Waals surface area contributed by atoms with E-state index in [1.54, 1.807) is 24.3 Å². The van der Waals surface area contributed by atoms with Crippen molar-refractivity contribution in [2.75, 3.05) is 11.9 Å². The van der Waals surface area contributed by atoms with Crippen LogP contribution in [0.3, 0.4) is 0 Å². The fourth-order valence-electron chi connectivity index (χ4n) is 3.62. The Bertz CT molecular complexity index is 1130. The molecule has 1 aliphatic heterocycles. The molecule has 1 aromatic heterocycles. The van der Waals surface area contributed by atoms with Gasteiger partial charge in [0.25, 0.3) is 11.4 Å². The molecule has 30 heavy (non-hydrogen) atoms. The fraction of sp³-hybridized carbons (Fsp3) is 0.150. The van der Waals surface area contributed by atoms with E-state index in [0.717, 1.165) is 17.8 Å². The maximum absolute atomic E-state index is 11.3. The smallest absolute Gasteiger partial charge is 0.269 e. The topological polar surface area (TPSA) is 106 Å². The third kappa shape index (κ3) is 3.72. The van der Waals surface area contributed by atoms with Crippen molar-refractivity contribution in [3.8, 4) is 0 Å². The molecule has 0 saturated heterocycles. The van der Waals surface area contributed by atoms with E-state index in [9.17, 15) is 20.2 Å². The van der Waals surface area contributed by atoms with Gasteiger partial charge >= 0.3 is 0 Å². The van der Waals surface area contributed by atoms with E-state index in [2.05, 4.69) is 9.88 Å². The third-order valence-electron chi connectivity index (χ3n) is 5.03. The molecule has 1 unspecified atom stereocenters. The van der Waals surface area contributed by atoms with Crippen LogP contribution in [0.5, 0.6) is 0 Å². The lowest BCUT2D eigenvalue weighted by Crippen LogP contribution is -2.44. The number of hydrogen-bond donors (Lipinski definition) is 1. The molecule has 152 valence electrons. The predicted octanol–water partition coefficient (Wildman–Crippen LogP) is 4.11. The van der Waals surface area contributed by atoms with Crippen molar-refractivity contribution in [1.82, 2.24) is 9.47 Å². The lowest BCUT2D eigenvalue weighted by molar-refractivity contribution is -0.385. The van der Waals surface area contributed by atoms with E-state index in [-0.39, 0.29) is 17.4 Å². The van der Waals surface area contributed by atoms with Gasteiger partial charge in [-0.25, -0.2) is 0 Å². The molecule has 0 fully saturated rings. The van der Waals surface area contributed by atoms with Crippen LogP contribution in [0, 0.1) is 20.2 Å². The number of benzene rings is 2. The van der Waals surface area contributed by atoms with E-state index < -0.39 is 9.85 Å². The maximum Gasteiger partial charge on any atom is 0.269 e. The Hall–Kier alpha value is -3.79. The van der Waals surface area contributed by atoms with Crippen LogP contribution < -0.4 is 5.32 Å². The van der Waals surface area contributed by atoms with Crippen molar-refractivity contribution in [2.24, 2.45) is 0 Å². The standard InChI is InChI=1S/C20H17N5O4S/c26-24(27)16-8-6-15(7-9-16)21-20(30)23-12-11-22-10-2-5-18(22)19(23)14-3-1-4-17(13-14)25(28)29/h1-10,13,19H,11-12H2,(H,21,30). The number of thiocarbonyl (C=S) groups is 1. The van der Waals surface area contributed by atoms with E-state index in [1.165, 1.54) is 18.2 Å². The quantitative estimate of drug-likeness (QED) is 0.382. The lowest BCUT2D eigenvalue weighted by atomic mass is 10.00. The van der Waals surface area contributed by atoms with E-state index in [0.29, 0.717) is 17.3 Å². The molecule has 1 atom stereocenters. The molecular formula is C20H17N5O4S. The van der Waals surface area contributed by atoms with Gasteiger partial charge in [0.1, 0.15) is 0 Å². The number of nitrogens with zero attached hydrogens (tertiary/aromatic N) is 4. The molecule has 1 aliphatic rings. The maximum atomic E-state index is 11.3. The number of aromatic nitrogens is 1. The number of hydrogen-bond acceptors (Lipinski definition) is 5. The molecule has 0 radical (unpaired) electrons.